The topological polar surface area (TPSA) is 9.23 Å². The molecular weight excluding hydrogens is 255 g/mol. The van der Waals surface area contributed by atoms with E-state index in [1.165, 1.54) is 0 Å². The van der Waals surface area contributed by atoms with E-state index in [0.29, 0.717) is 5.75 Å². The minimum Gasteiger partial charge on any atom is -0.492 e. The van der Waals surface area contributed by atoms with Crippen molar-refractivity contribution < 1.29 is 69.1 Å². The summed E-state index contributed by atoms with van der Waals surface area (Å²) >= 11 is 0. The summed E-state index contributed by atoms with van der Waals surface area (Å²) in [4.78, 5) is 0. The summed E-state index contributed by atoms with van der Waals surface area (Å²) in [6.07, 6.45) is 0. The van der Waals surface area contributed by atoms with Gasteiger partial charge in [0.25, 0.3) is 0 Å². The molecular formula is C11H13BF3KO. The SMILES string of the molecule is C=C(COc1ccc(C)cc1C)[B-](F)(F)F.[K+]. The van der Waals surface area contributed by atoms with Crippen molar-refractivity contribution in [3.8, 4) is 5.75 Å². The summed E-state index contributed by atoms with van der Waals surface area (Å²) in [7, 11) is 0. The second-order valence-electron chi connectivity index (χ2n) is 3.79. The van der Waals surface area contributed by atoms with Crippen LogP contribution in [0.4, 0.5) is 12.9 Å². The molecule has 0 atom stereocenters. The van der Waals surface area contributed by atoms with E-state index in [9.17, 15) is 12.9 Å². The van der Waals surface area contributed by atoms with Crippen molar-refractivity contribution in [2.24, 2.45) is 0 Å². The number of halogens is 3. The molecule has 0 heterocycles. The first-order valence-electron chi connectivity index (χ1n) is 4.88. The summed E-state index contributed by atoms with van der Waals surface area (Å²) in [5, 5.41) is 0. The fourth-order valence-corrected chi connectivity index (χ4v) is 1.23. The minimum absolute atomic E-state index is 0. The average molecular weight is 268 g/mol. The van der Waals surface area contributed by atoms with Crippen LogP contribution in [0.25, 0.3) is 0 Å². The molecule has 6 heteroatoms. The van der Waals surface area contributed by atoms with Crippen LogP contribution < -0.4 is 56.1 Å². The molecule has 0 N–H and O–H groups in total. The van der Waals surface area contributed by atoms with Crippen molar-refractivity contribution >= 4 is 6.98 Å². The first kappa shape index (κ1) is 17.3. The van der Waals surface area contributed by atoms with Crippen molar-refractivity contribution in [1.29, 1.82) is 0 Å². The Morgan fingerprint density at radius 1 is 1.29 bits per heavy atom. The van der Waals surface area contributed by atoms with E-state index in [4.69, 9.17) is 4.74 Å². The van der Waals surface area contributed by atoms with E-state index in [0.717, 1.165) is 11.1 Å². The van der Waals surface area contributed by atoms with Crippen LogP contribution in [0, 0.1) is 13.8 Å². The number of ether oxygens (including phenoxy) is 1. The molecule has 1 aromatic carbocycles. The maximum atomic E-state index is 12.2. The molecule has 0 aromatic heterocycles. The monoisotopic (exact) mass is 268 g/mol. The third-order valence-electron chi connectivity index (χ3n) is 2.21. The molecule has 0 bridgehead atoms. The van der Waals surface area contributed by atoms with Gasteiger partial charge in [-0.3, -0.25) is 0 Å². The van der Waals surface area contributed by atoms with E-state index >= 15 is 0 Å². The van der Waals surface area contributed by atoms with Gasteiger partial charge >= 0.3 is 58.4 Å². The van der Waals surface area contributed by atoms with Crippen LogP contribution in [0.2, 0.25) is 0 Å². The zero-order chi connectivity index (χ0) is 12.3. The molecule has 0 radical (unpaired) electrons. The fraction of sp³-hybridized carbons (Fsp3) is 0.273. The molecule has 1 nitrogen and oxygen atoms in total. The molecule has 1 rings (SSSR count). The zero-order valence-electron chi connectivity index (χ0n) is 10.3. The molecule has 0 amide bonds. The Bertz CT molecular complexity index is 404. The van der Waals surface area contributed by atoms with Crippen LogP contribution in [-0.2, 0) is 0 Å². The van der Waals surface area contributed by atoms with Gasteiger partial charge in [-0.25, -0.2) is 0 Å². The summed E-state index contributed by atoms with van der Waals surface area (Å²) in [6, 6.07) is 5.32. The number of hydrogen-bond donors (Lipinski definition) is 0. The van der Waals surface area contributed by atoms with Crippen LogP contribution in [0.5, 0.6) is 5.75 Å². The molecule has 0 aliphatic heterocycles. The summed E-state index contributed by atoms with van der Waals surface area (Å²) in [5.74, 6) is 0.465. The van der Waals surface area contributed by atoms with Crippen LogP contribution in [0.3, 0.4) is 0 Å². The van der Waals surface area contributed by atoms with Gasteiger partial charge in [0, 0.05) is 0 Å². The Morgan fingerprint density at radius 2 is 1.88 bits per heavy atom. The zero-order valence-corrected chi connectivity index (χ0v) is 13.4. The predicted octanol–water partition coefficient (Wildman–Crippen LogP) is 0.629. The van der Waals surface area contributed by atoms with Crippen molar-refractivity contribution in [1.82, 2.24) is 0 Å². The van der Waals surface area contributed by atoms with Gasteiger partial charge in [0.2, 0.25) is 0 Å². The number of rotatable bonds is 4. The Balaban J connectivity index is 0.00000256. The number of aryl methyl sites for hydroxylation is 2. The van der Waals surface area contributed by atoms with Crippen molar-refractivity contribution in [2.45, 2.75) is 13.8 Å². The van der Waals surface area contributed by atoms with Crippen molar-refractivity contribution in [3.63, 3.8) is 0 Å². The van der Waals surface area contributed by atoms with E-state index in [1.807, 2.05) is 13.0 Å². The fourth-order valence-electron chi connectivity index (χ4n) is 1.23. The van der Waals surface area contributed by atoms with Gasteiger partial charge in [0.1, 0.15) is 5.75 Å². The van der Waals surface area contributed by atoms with Crippen molar-refractivity contribution in [3.05, 3.63) is 41.4 Å². The third kappa shape index (κ3) is 5.61. The average Bonchev–Trinajstić information content (AvgIpc) is 2.14. The van der Waals surface area contributed by atoms with Crippen LogP contribution in [0.1, 0.15) is 11.1 Å². The van der Waals surface area contributed by atoms with Gasteiger partial charge in [-0.05, 0) is 25.5 Å². The van der Waals surface area contributed by atoms with Gasteiger partial charge in [-0.15, -0.1) is 12.1 Å². The Labute approximate surface area is 142 Å². The second-order valence-corrected chi connectivity index (χ2v) is 3.79. The normalized spacial score (nSPS) is 10.6. The molecule has 0 saturated heterocycles. The predicted molar refractivity (Wildman–Crippen MR) is 59.6 cm³/mol. The maximum absolute atomic E-state index is 12.2. The van der Waals surface area contributed by atoms with E-state index in [1.54, 1.807) is 19.1 Å². The molecule has 0 spiro atoms. The number of hydrogen-bond acceptors (Lipinski definition) is 1. The molecule has 17 heavy (non-hydrogen) atoms. The molecule has 0 aliphatic carbocycles. The first-order valence-corrected chi connectivity index (χ1v) is 4.88. The van der Waals surface area contributed by atoms with E-state index in [-0.39, 0.29) is 51.4 Å². The van der Waals surface area contributed by atoms with Gasteiger partial charge in [-0.1, -0.05) is 17.7 Å². The molecule has 88 valence electrons. The summed E-state index contributed by atoms with van der Waals surface area (Å²) in [6.45, 7) is 1.16. The smallest absolute Gasteiger partial charge is 0.492 e. The molecule has 0 aliphatic rings. The summed E-state index contributed by atoms with van der Waals surface area (Å²) in [5.41, 5.74) is 1.05. The first-order chi connectivity index (χ1) is 7.30. The molecule has 0 saturated carbocycles. The van der Waals surface area contributed by atoms with Crippen LogP contribution in [0.15, 0.2) is 30.3 Å². The Kier molecular flexibility index (Phi) is 7.10. The molecule has 0 unspecified atom stereocenters. The molecule has 1 aromatic rings. The second kappa shape index (κ2) is 6.99. The van der Waals surface area contributed by atoms with Crippen LogP contribution >= 0.6 is 0 Å². The van der Waals surface area contributed by atoms with Gasteiger partial charge in [0.05, 0.1) is 6.61 Å². The largest absolute Gasteiger partial charge is 1.00 e. The van der Waals surface area contributed by atoms with Gasteiger partial charge in [0.15, 0.2) is 0 Å². The van der Waals surface area contributed by atoms with Crippen molar-refractivity contribution in [2.75, 3.05) is 6.61 Å². The van der Waals surface area contributed by atoms with Crippen LogP contribution in [-0.4, -0.2) is 13.6 Å². The number of benzene rings is 1. The minimum atomic E-state index is -5.01. The Morgan fingerprint density at radius 3 is 2.35 bits per heavy atom. The summed E-state index contributed by atoms with van der Waals surface area (Å²) < 4.78 is 41.7. The van der Waals surface area contributed by atoms with E-state index < -0.39 is 19.1 Å². The van der Waals surface area contributed by atoms with Gasteiger partial charge in [-0.2, -0.15) is 0 Å². The molecule has 0 fully saturated rings. The maximum Gasteiger partial charge on any atom is 1.00 e. The third-order valence-corrected chi connectivity index (χ3v) is 2.21. The Hall–Kier alpha value is 0.251. The van der Waals surface area contributed by atoms with Gasteiger partial charge < -0.3 is 17.7 Å². The quantitative estimate of drug-likeness (QED) is 0.728. The van der Waals surface area contributed by atoms with E-state index in [2.05, 4.69) is 6.58 Å². The standard InChI is InChI=1S/C11H13BF3O.K/c1-8-4-5-11(9(2)6-8)16-7-10(3)12(13,14)15;/h4-6H,3,7H2,1-2H3;/q-1;+1.